The van der Waals surface area contributed by atoms with E-state index < -0.39 is 10.0 Å². The van der Waals surface area contributed by atoms with Crippen molar-refractivity contribution in [1.82, 2.24) is 8.87 Å². The highest BCUT2D eigenvalue weighted by Crippen LogP contribution is 2.39. The molecule has 0 aromatic carbocycles. The second-order valence-corrected chi connectivity index (χ2v) is 8.03. The van der Waals surface area contributed by atoms with Crippen LogP contribution in [0.4, 0.5) is 0 Å². The summed E-state index contributed by atoms with van der Waals surface area (Å²) in [6.07, 6.45) is 5.82. The summed E-state index contributed by atoms with van der Waals surface area (Å²) in [7, 11) is -1.55. The first-order valence-electron chi connectivity index (χ1n) is 7.74. The van der Waals surface area contributed by atoms with Crippen molar-refractivity contribution in [2.45, 2.75) is 51.0 Å². The number of hydrogen-bond acceptors (Lipinski definition) is 3. The molecule has 2 N–H and O–H groups in total. The summed E-state index contributed by atoms with van der Waals surface area (Å²) in [5.74, 6) is 0. The van der Waals surface area contributed by atoms with E-state index in [1.165, 1.54) is 0 Å². The van der Waals surface area contributed by atoms with Crippen molar-refractivity contribution in [3.8, 4) is 0 Å². The maximum atomic E-state index is 12.7. The fraction of sp³-hybridized carbons (Fsp3) is 0.733. The highest BCUT2D eigenvalue weighted by atomic mass is 32.2. The molecular formula is C15H27N3O2S. The predicted octanol–water partition coefficient (Wildman–Crippen LogP) is 2.07. The molecule has 0 unspecified atom stereocenters. The summed E-state index contributed by atoms with van der Waals surface area (Å²) in [6.45, 7) is 6.01. The molecule has 120 valence electrons. The molecule has 2 heterocycles. The number of hydrogen-bond donors (Lipinski definition) is 1. The van der Waals surface area contributed by atoms with Crippen molar-refractivity contribution in [3.05, 3.63) is 18.0 Å². The third kappa shape index (κ3) is 3.03. The molecule has 21 heavy (non-hydrogen) atoms. The molecule has 0 saturated carbocycles. The second kappa shape index (κ2) is 6.10. The van der Waals surface area contributed by atoms with Crippen LogP contribution in [0.1, 0.15) is 45.2 Å². The minimum atomic E-state index is -3.38. The number of piperidine rings is 1. The molecule has 0 atom stereocenters. The fourth-order valence-corrected chi connectivity index (χ4v) is 4.77. The molecule has 1 aliphatic rings. The van der Waals surface area contributed by atoms with E-state index in [-0.39, 0.29) is 0 Å². The summed E-state index contributed by atoms with van der Waals surface area (Å²) in [5.41, 5.74) is 6.79. The Morgan fingerprint density at radius 1 is 1.24 bits per heavy atom. The molecule has 0 radical (unpaired) electrons. The van der Waals surface area contributed by atoms with Gasteiger partial charge in [-0.15, -0.1) is 0 Å². The molecule has 0 spiro atoms. The number of aromatic nitrogens is 1. The molecule has 1 aliphatic heterocycles. The highest BCUT2D eigenvalue weighted by molar-refractivity contribution is 7.89. The van der Waals surface area contributed by atoms with Gasteiger partial charge in [0.05, 0.1) is 0 Å². The fourth-order valence-electron chi connectivity index (χ4n) is 3.23. The lowest BCUT2D eigenvalue weighted by Gasteiger charge is -2.40. The Balaban J connectivity index is 2.18. The van der Waals surface area contributed by atoms with E-state index in [1.807, 2.05) is 7.05 Å². The maximum absolute atomic E-state index is 12.7. The van der Waals surface area contributed by atoms with Crippen LogP contribution in [0.2, 0.25) is 0 Å². The zero-order valence-electron chi connectivity index (χ0n) is 13.3. The van der Waals surface area contributed by atoms with E-state index in [9.17, 15) is 8.42 Å². The quantitative estimate of drug-likeness (QED) is 0.905. The van der Waals surface area contributed by atoms with Gasteiger partial charge >= 0.3 is 0 Å². The lowest BCUT2D eigenvalue weighted by molar-refractivity contribution is 0.141. The normalized spacial score (nSPS) is 19.8. The van der Waals surface area contributed by atoms with E-state index in [0.717, 1.165) is 31.4 Å². The first kappa shape index (κ1) is 16.5. The van der Waals surface area contributed by atoms with Crippen molar-refractivity contribution in [2.24, 2.45) is 18.2 Å². The topological polar surface area (TPSA) is 68.3 Å². The summed E-state index contributed by atoms with van der Waals surface area (Å²) >= 11 is 0. The van der Waals surface area contributed by atoms with Gasteiger partial charge in [0.2, 0.25) is 10.0 Å². The molecule has 6 heteroatoms. The Bertz CT molecular complexity index is 578. The number of sulfonamides is 1. The van der Waals surface area contributed by atoms with Gasteiger partial charge in [-0.1, -0.05) is 26.7 Å². The van der Waals surface area contributed by atoms with Gasteiger partial charge in [-0.25, -0.2) is 8.42 Å². The number of aryl methyl sites for hydroxylation is 1. The number of nitrogens with zero attached hydrogens (tertiary/aromatic N) is 2. The molecule has 1 fully saturated rings. The Morgan fingerprint density at radius 2 is 1.81 bits per heavy atom. The molecule has 2 rings (SSSR count). The molecule has 0 bridgehead atoms. The Morgan fingerprint density at radius 3 is 2.24 bits per heavy atom. The van der Waals surface area contributed by atoms with Gasteiger partial charge < -0.3 is 10.3 Å². The molecule has 0 aliphatic carbocycles. The van der Waals surface area contributed by atoms with E-state index >= 15 is 0 Å². The Kier molecular flexibility index (Phi) is 4.80. The van der Waals surface area contributed by atoms with Gasteiger partial charge in [-0.2, -0.15) is 4.31 Å². The zero-order valence-corrected chi connectivity index (χ0v) is 14.1. The highest BCUT2D eigenvalue weighted by Gasteiger charge is 2.36. The van der Waals surface area contributed by atoms with Gasteiger partial charge in [-0.05, 0) is 24.3 Å². The van der Waals surface area contributed by atoms with Crippen LogP contribution in [0.3, 0.4) is 0 Å². The summed E-state index contributed by atoms with van der Waals surface area (Å²) in [4.78, 5) is 0.367. The van der Waals surface area contributed by atoms with Crippen molar-refractivity contribution in [1.29, 1.82) is 0 Å². The summed E-state index contributed by atoms with van der Waals surface area (Å²) in [5, 5.41) is 0. The zero-order chi connectivity index (χ0) is 15.7. The van der Waals surface area contributed by atoms with E-state index in [0.29, 0.717) is 29.9 Å². The minimum Gasteiger partial charge on any atom is -0.352 e. The summed E-state index contributed by atoms with van der Waals surface area (Å²) in [6, 6.07) is 1.69. The van der Waals surface area contributed by atoms with Crippen molar-refractivity contribution in [2.75, 3.05) is 13.1 Å². The maximum Gasteiger partial charge on any atom is 0.244 e. The van der Waals surface area contributed by atoms with E-state index in [1.54, 1.807) is 21.1 Å². The van der Waals surface area contributed by atoms with Crippen LogP contribution < -0.4 is 5.73 Å². The Hall–Kier alpha value is -0.850. The first-order chi connectivity index (χ1) is 9.88. The van der Waals surface area contributed by atoms with Crippen LogP contribution in [0, 0.1) is 5.41 Å². The number of nitrogens with two attached hydrogens (primary N) is 1. The molecular weight excluding hydrogens is 286 g/mol. The SMILES string of the molecule is CCC1(CC)CCN(S(=O)(=O)c2cc(CN)n(C)c2)CC1. The monoisotopic (exact) mass is 313 g/mol. The predicted molar refractivity (Wildman–Crippen MR) is 84.3 cm³/mol. The van der Waals surface area contributed by atoms with Gasteiger partial charge in [0, 0.05) is 38.6 Å². The Labute approximate surface area is 128 Å². The minimum absolute atomic E-state index is 0.325. The van der Waals surface area contributed by atoms with Crippen LogP contribution in [0.15, 0.2) is 17.2 Å². The van der Waals surface area contributed by atoms with Gasteiger partial charge in [-0.3, -0.25) is 0 Å². The summed E-state index contributed by atoms with van der Waals surface area (Å²) < 4.78 is 28.9. The third-order valence-corrected chi connectivity index (χ3v) is 7.08. The van der Waals surface area contributed by atoms with Crippen LogP contribution in [0.5, 0.6) is 0 Å². The van der Waals surface area contributed by atoms with E-state index in [4.69, 9.17) is 5.73 Å². The molecule has 1 saturated heterocycles. The van der Waals surface area contributed by atoms with Gasteiger partial charge in [0.25, 0.3) is 0 Å². The molecule has 1 aromatic heterocycles. The van der Waals surface area contributed by atoms with Crippen molar-refractivity contribution < 1.29 is 8.42 Å². The van der Waals surface area contributed by atoms with Crippen LogP contribution in [0.25, 0.3) is 0 Å². The van der Waals surface area contributed by atoms with Crippen LogP contribution in [-0.2, 0) is 23.6 Å². The molecule has 1 aromatic rings. The molecule has 5 nitrogen and oxygen atoms in total. The smallest absolute Gasteiger partial charge is 0.244 e. The van der Waals surface area contributed by atoms with Crippen molar-refractivity contribution >= 4 is 10.0 Å². The second-order valence-electron chi connectivity index (χ2n) is 6.09. The van der Waals surface area contributed by atoms with Gasteiger partial charge in [0.1, 0.15) is 4.90 Å². The lowest BCUT2D eigenvalue weighted by Crippen LogP contribution is -2.42. The third-order valence-electron chi connectivity index (χ3n) is 5.21. The van der Waals surface area contributed by atoms with E-state index in [2.05, 4.69) is 13.8 Å². The lowest BCUT2D eigenvalue weighted by atomic mass is 9.75. The average molecular weight is 313 g/mol. The first-order valence-corrected chi connectivity index (χ1v) is 9.18. The molecule has 0 amide bonds. The average Bonchev–Trinajstić information content (AvgIpc) is 2.89. The largest absolute Gasteiger partial charge is 0.352 e. The standard InChI is InChI=1S/C15H27N3O2S/c1-4-15(5-2)6-8-18(9-7-15)21(19,20)14-10-13(11-16)17(3)12-14/h10,12H,4-9,11,16H2,1-3H3. The van der Waals surface area contributed by atoms with Crippen LogP contribution in [-0.4, -0.2) is 30.4 Å². The van der Waals surface area contributed by atoms with Crippen molar-refractivity contribution in [3.63, 3.8) is 0 Å². The van der Waals surface area contributed by atoms with Gasteiger partial charge in [0.15, 0.2) is 0 Å². The van der Waals surface area contributed by atoms with Crippen LogP contribution >= 0.6 is 0 Å². The number of rotatable bonds is 5.